The predicted octanol–water partition coefficient (Wildman–Crippen LogP) is 4.04. The van der Waals surface area contributed by atoms with Gasteiger partial charge in [-0.05, 0) is 55.7 Å². The van der Waals surface area contributed by atoms with Crippen molar-refractivity contribution in [2.45, 2.75) is 39.8 Å². The second-order valence-corrected chi connectivity index (χ2v) is 7.89. The largest absolute Gasteiger partial charge is 0.493 e. The molecule has 0 fully saturated rings. The molecule has 0 bridgehead atoms. The van der Waals surface area contributed by atoms with Crippen molar-refractivity contribution in [3.63, 3.8) is 0 Å². The van der Waals surface area contributed by atoms with Gasteiger partial charge in [0.2, 0.25) is 0 Å². The number of hydrogen-bond acceptors (Lipinski definition) is 5. The van der Waals surface area contributed by atoms with Gasteiger partial charge in [0, 0.05) is 0 Å². The highest BCUT2D eigenvalue weighted by molar-refractivity contribution is 6.33. The minimum absolute atomic E-state index is 0.0154. The molecule has 0 saturated carbocycles. The van der Waals surface area contributed by atoms with Gasteiger partial charge in [-0.25, -0.2) is 5.43 Å². The van der Waals surface area contributed by atoms with Gasteiger partial charge < -0.3 is 14.8 Å². The zero-order chi connectivity index (χ0) is 23.0. The van der Waals surface area contributed by atoms with Crippen LogP contribution in [0.5, 0.6) is 11.5 Å². The Balaban J connectivity index is 2.05. The summed E-state index contributed by atoms with van der Waals surface area (Å²) < 4.78 is 11.0. The molecule has 1 unspecified atom stereocenters. The summed E-state index contributed by atoms with van der Waals surface area (Å²) in [7, 11) is 1.56. The van der Waals surface area contributed by atoms with E-state index >= 15 is 0 Å². The number of nitrogens with one attached hydrogen (secondary N) is 2. The maximum absolute atomic E-state index is 12.6. The molecule has 0 aliphatic rings. The molecule has 0 aliphatic heterocycles. The number of carbonyl (C=O) groups excluding carboxylic acids is 2. The van der Waals surface area contributed by atoms with Gasteiger partial charge in [-0.15, -0.1) is 0 Å². The van der Waals surface area contributed by atoms with E-state index in [0.717, 1.165) is 5.56 Å². The molecule has 0 heterocycles. The molecule has 166 valence electrons. The summed E-state index contributed by atoms with van der Waals surface area (Å²) >= 11 is 6.07. The maximum atomic E-state index is 12.6. The van der Waals surface area contributed by atoms with Gasteiger partial charge in [0.25, 0.3) is 11.8 Å². The van der Waals surface area contributed by atoms with E-state index in [1.165, 1.54) is 6.21 Å². The molecule has 0 spiro atoms. The quantitative estimate of drug-likeness (QED) is 0.450. The molecule has 2 aromatic carbocycles. The zero-order valence-electron chi connectivity index (χ0n) is 18.3. The Hall–Kier alpha value is -3.06. The lowest BCUT2D eigenvalue weighted by Crippen LogP contribution is -2.48. The van der Waals surface area contributed by atoms with Crippen LogP contribution in [0.2, 0.25) is 5.02 Å². The summed E-state index contributed by atoms with van der Waals surface area (Å²) in [6.45, 7) is 7.53. The van der Waals surface area contributed by atoms with E-state index in [9.17, 15) is 9.59 Å². The fourth-order valence-corrected chi connectivity index (χ4v) is 2.98. The molecule has 1 atom stereocenters. The fourth-order valence-electron chi connectivity index (χ4n) is 2.76. The van der Waals surface area contributed by atoms with Crippen LogP contribution in [0.15, 0.2) is 47.6 Å². The number of carbonyl (C=O) groups is 2. The standard InChI is InChI=1S/C23H28ClN3O4/c1-14(2)21(26-22(28)17-8-6-7-9-18(17)24)23(29)27-25-13-16-10-11-19(31-15(3)4)20(12-16)30-5/h6-15,21H,1-5H3,(H,26,28)(H,27,29). The van der Waals surface area contributed by atoms with Crippen LogP contribution in [0.25, 0.3) is 0 Å². The van der Waals surface area contributed by atoms with Crippen LogP contribution in [0.4, 0.5) is 0 Å². The number of hydrazone groups is 1. The first-order valence-corrected chi connectivity index (χ1v) is 10.3. The van der Waals surface area contributed by atoms with Crippen molar-refractivity contribution >= 4 is 29.6 Å². The number of methoxy groups -OCH3 is 1. The Bertz CT molecular complexity index is 944. The summed E-state index contributed by atoms with van der Waals surface area (Å²) in [6, 6.07) is 11.2. The third-order valence-electron chi connectivity index (χ3n) is 4.29. The summed E-state index contributed by atoms with van der Waals surface area (Å²) in [5.74, 6) is 0.179. The smallest absolute Gasteiger partial charge is 0.262 e. The summed E-state index contributed by atoms with van der Waals surface area (Å²) in [4.78, 5) is 25.1. The molecule has 7 nitrogen and oxygen atoms in total. The number of ether oxygens (including phenoxy) is 2. The van der Waals surface area contributed by atoms with Gasteiger partial charge >= 0.3 is 0 Å². The summed E-state index contributed by atoms with van der Waals surface area (Å²) in [6.07, 6.45) is 1.51. The Labute approximate surface area is 187 Å². The van der Waals surface area contributed by atoms with Crippen LogP contribution in [-0.4, -0.2) is 37.3 Å². The second kappa shape index (κ2) is 11.4. The maximum Gasteiger partial charge on any atom is 0.262 e. The molecule has 2 rings (SSSR count). The van der Waals surface area contributed by atoms with E-state index in [-0.39, 0.29) is 12.0 Å². The van der Waals surface area contributed by atoms with Crippen LogP contribution in [-0.2, 0) is 4.79 Å². The normalized spacial score (nSPS) is 12.1. The van der Waals surface area contributed by atoms with E-state index in [1.807, 2.05) is 27.7 Å². The Morgan fingerprint density at radius 2 is 1.77 bits per heavy atom. The molecule has 0 aliphatic carbocycles. The molecular formula is C23H28ClN3O4. The summed E-state index contributed by atoms with van der Waals surface area (Å²) in [5, 5.41) is 7.05. The highest BCUT2D eigenvalue weighted by atomic mass is 35.5. The molecule has 0 saturated heterocycles. The van der Waals surface area contributed by atoms with Crippen molar-refractivity contribution in [1.82, 2.24) is 10.7 Å². The van der Waals surface area contributed by atoms with Crippen LogP contribution in [0.3, 0.4) is 0 Å². The predicted molar refractivity (Wildman–Crippen MR) is 122 cm³/mol. The Kier molecular flexibility index (Phi) is 8.88. The zero-order valence-corrected chi connectivity index (χ0v) is 19.1. The number of rotatable bonds is 9. The fraction of sp³-hybridized carbons (Fsp3) is 0.348. The van der Waals surface area contributed by atoms with E-state index in [0.29, 0.717) is 22.1 Å². The van der Waals surface area contributed by atoms with Crippen molar-refractivity contribution in [1.29, 1.82) is 0 Å². The molecule has 31 heavy (non-hydrogen) atoms. The molecule has 2 amide bonds. The lowest BCUT2D eigenvalue weighted by Gasteiger charge is -2.20. The van der Waals surface area contributed by atoms with Gasteiger partial charge in [0.15, 0.2) is 11.5 Å². The van der Waals surface area contributed by atoms with Gasteiger partial charge in [0.1, 0.15) is 6.04 Å². The first-order chi connectivity index (χ1) is 14.7. The number of benzene rings is 2. The third kappa shape index (κ3) is 7.00. The van der Waals surface area contributed by atoms with E-state index in [1.54, 1.807) is 49.6 Å². The second-order valence-electron chi connectivity index (χ2n) is 7.49. The van der Waals surface area contributed by atoms with Gasteiger partial charge in [-0.3, -0.25) is 9.59 Å². The minimum atomic E-state index is -0.780. The van der Waals surface area contributed by atoms with E-state index < -0.39 is 17.9 Å². The van der Waals surface area contributed by atoms with Crippen molar-refractivity contribution in [3.8, 4) is 11.5 Å². The molecule has 0 radical (unpaired) electrons. The molecule has 2 aromatic rings. The SMILES string of the molecule is COc1cc(C=NNC(=O)C(NC(=O)c2ccccc2Cl)C(C)C)ccc1OC(C)C. The highest BCUT2D eigenvalue weighted by Gasteiger charge is 2.25. The van der Waals surface area contributed by atoms with Crippen LogP contribution < -0.4 is 20.2 Å². The Morgan fingerprint density at radius 3 is 2.39 bits per heavy atom. The van der Waals surface area contributed by atoms with Crippen molar-refractivity contribution in [2.75, 3.05) is 7.11 Å². The first kappa shape index (κ1) is 24.2. The number of halogens is 1. The average molecular weight is 446 g/mol. The molecule has 0 aromatic heterocycles. The number of amides is 2. The van der Waals surface area contributed by atoms with Crippen LogP contribution in [0, 0.1) is 5.92 Å². The summed E-state index contributed by atoms with van der Waals surface area (Å²) in [5.41, 5.74) is 3.50. The minimum Gasteiger partial charge on any atom is -0.493 e. The third-order valence-corrected chi connectivity index (χ3v) is 4.62. The van der Waals surface area contributed by atoms with Crippen molar-refractivity contribution in [2.24, 2.45) is 11.0 Å². The van der Waals surface area contributed by atoms with Crippen LogP contribution in [0.1, 0.15) is 43.6 Å². The monoisotopic (exact) mass is 445 g/mol. The average Bonchev–Trinajstić information content (AvgIpc) is 2.72. The number of hydrogen-bond donors (Lipinski definition) is 2. The first-order valence-electron chi connectivity index (χ1n) is 9.96. The van der Waals surface area contributed by atoms with Crippen LogP contribution >= 0.6 is 11.6 Å². The van der Waals surface area contributed by atoms with Gasteiger partial charge in [-0.2, -0.15) is 5.10 Å². The van der Waals surface area contributed by atoms with Gasteiger partial charge in [-0.1, -0.05) is 37.6 Å². The lowest BCUT2D eigenvalue weighted by molar-refractivity contribution is -0.123. The molecule has 8 heteroatoms. The topological polar surface area (TPSA) is 89.0 Å². The van der Waals surface area contributed by atoms with Crippen molar-refractivity contribution < 1.29 is 19.1 Å². The van der Waals surface area contributed by atoms with E-state index in [4.69, 9.17) is 21.1 Å². The Morgan fingerprint density at radius 1 is 1.06 bits per heavy atom. The highest BCUT2D eigenvalue weighted by Crippen LogP contribution is 2.28. The van der Waals surface area contributed by atoms with Gasteiger partial charge in [0.05, 0.1) is 30.0 Å². The molecule has 2 N–H and O–H groups in total. The number of nitrogens with zero attached hydrogens (tertiary/aromatic N) is 1. The van der Waals surface area contributed by atoms with E-state index in [2.05, 4.69) is 15.8 Å². The van der Waals surface area contributed by atoms with Crippen molar-refractivity contribution in [3.05, 3.63) is 58.6 Å². The lowest BCUT2D eigenvalue weighted by atomic mass is 10.0. The molecular weight excluding hydrogens is 418 g/mol.